The molecule has 4 aromatic rings. The number of β-lactam (4-membered cyclic amide) rings is 1. The summed E-state index contributed by atoms with van der Waals surface area (Å²) in [6, 6.07) is 24.6. The van der Waals surface area contributed by atoms with E-state index in [0.717, 1.165) is 5.56 Å². The first kappa shape index (κ1) is 26.6. The minimum Gasteiger partial charge on any atom is -0.507 e. The third-order valence-electron chi connectivity index (χ3n) is 7.07. The highest BCUT2D eigenvalue weighted by molar-refractivity contribution is 7.86. The number of amides is 1. The highest BCUT2D eigenvalue weighted by Crippen LogP contribution is 2.48. The summed E-state index contributed by atoms with van der Waals surface area (Å²) in [5.74, 6) is -1.37. The fourth-order valence-electron chi connectivity index (χ4n) is 5.15. The Labute approximate surface area is 225 Å². The number of aliphatic hydroxyl groups excluding tert-OH is 1. The maximum Gasteiger partial charge on any atom is 0.295 e. The van der Waals surface area contributed by atoms with E-state index in [9.17, 15) is 32.4 Å². The van der Waals surface area contributed by atoms with Crippen LogP contribution < -0.4 is 4.90 Å². The number of phenols is 1. The second-order valence-corrected chi connectivity index (χ2v) is 10.9. The number of benzene rings is 4. The molecule has 7 nitrogen and oxygen atoms in total. The molecule has 1 heterocycles. The molecule has 39 heavy (non-hydrogen) atoms. The minimum absolute atomic E-state index is 0.131. The molecule has 200 valence electrons. The first-order chi connectivity index (χ1) is 18.6. The molecule has 0 aromatic heterocycles. The highest BCUT2D eigenvalue weighted by Gasteiger charge is 2.48. The van der Waals surface area contributed by atoms with Gasteiger partial charge in [0, 0.05) is 16.8 Å². The van der Waals surface area contributed by atoms with Gasteiger partial charge in [0.05, 0.1) is 18.1 Å². The number of halogens is 1. The zero-order valence-electron chi connectivity index (χ0n) is 20.7. The number of rotatable bonds is 8. The maximum absolute atomic E-state index is 13.6. The zero-order chi connectivity index (χ0) is 27.7. The average molecular weight is 548 g/mol. The van der Waals surface area contributed by atoms with Crippen molar-refractivity contribution in [2.24, 2.45) is 5.92 Å². The van der Waals surface area contributed by atoms with Crippen molar-refractivity contribution in [1.82, 2.24) is 0 Å². The molecular weight excluding hydrogens is 521 g/mol. The van der Waals surface area contributed by atoms with Crippen LogP contribution in [0.1, 0.15) is 36.1 Å². The van der Waals surface area contributed by atoms with Gasteiger partial charge in [0.15, 0.2) is 0 Å². The lowest BCUT2D eigenvalue weighted by atomic mass is 9.78. The van der Waals surface area contributed by atoms with Gasteiger partial charge >= 0.3 is 0 Å². The van der Waals surface area contributed by atoms with Crippen molar-refractivity contribution in [3.63, 3.8) is 0 Å². The van der Waals surface area contributed by atoms with E-state index in [4.69, 9.17) is 0 Å². The molecule has 9 heteroatoms. The van der Waals surface area contributed by atoms with Gasteiger partial charge in [0.25, 0.3) is 10.1 Å². The number of hydrogen-bond acceptors (Lipinski definition) is 5. The van der Waals surface area contributed by atoms with Crippen molar-refractivity contribution in [2.45, 2.75) is 29.9 Å². The van der Waals surface area contributed by atoms with E-state index in [1.54, 1.807) is 12.1 Å². The largest absolute Gasteiger partial charge is 0.507 e. The van der Waals surface area contributed by atoms with Crippen LogP contribution in [0, 0.1) is 11.7 Å². The molecular formula is C30H26FNO6S. The highest BCUT2D eigenvalue weighted by atomic mass is 32.2. The van der Waals surface area contributed by atoms with Crippen LogP contribution in [-0.2, 0) is 14.9 Å². The van der Waals surface area contributed by atoms with Crippen LogP contribution in [0.25, 0.3) is 11.1 Å². The summed E-state index contributed by atoms with van der Waals surface area (Å²) >= 11 is 0. The standard InChI is InChI=1S/C30H26FNO6S/c31-21-11-13-22(14-12-21)32-29(25(30(32)35)16-17-26(33)19-6-2-1-3-7-19)20-10-15-23(27(34)18-20)24-8-4-5-9-28(24)39(36,37)38/h1-15,18,25-26,29,33-34H,16-17H2,(H,36,37,38)/t25-,26+,29-/m1/s1. The lowest BCUT2D eigenvalue weighted by molar-refractivity contribution is -0.131. The van der Waals surface area contributed by atoms with Crippen LogP contribution >= 0.6 is 0 Å². The van der Waals surface area contributed by atoms with Crippen molar-refractivity contribution in [1.29, 1.82) is 0 Å². The van der Waals surface area contributed by atoms with E-state index in [1.165, 1.54) is 59.5 Å². The van der Waals surface area contributed by atoms with Gasteiger partial charge in [-0.1, -0.05) is 60.7 Å². The SMILES string of the molecule is O=C1[C@H](CC[C@H](O)c2ccccc2)[C@@H](c2ccc(-c3ccccc3S(=O)(=O)O)c(O)c2)N1c1ccc(F)cc1. The minimum atomic E-state index is -4.54. The molecule has 0 saturated carbocycles. The summed E-state index contributed by atoms with van der Waals surface area (Å²) in [7, 11) is -4.54. The second-order valence-electron chi connectivity index (χ2n) is 9.49. The van der Waals surface area contributed by atoms with Crippen LogP contribution in [-0.4, -0.2) is 29.1 Å². The molecule has 1 aliphatic heterocycles. The lowest BCUT2D eigenvalue weighted by Gasteiger charge is -2.48. The monoisotopic (exact) mass is 547 g/mol. The van der Waals surface area contributed by atoms with E-state index in [2.05, 4.69) is 0 Å². The Morgan fingerprint density at radius 3 is 2.21 bits per heavy atom. The Balaban J connectivity index is 1.48. The molecule has 0 radical (unpaired) electrons. The van der Waals surface area contributed by atoms with Gasteiger partial charge in [-0.05, 0) is 60.4 Å². The number of aromatic hydroxyl groups is 1. The molecule has 1 saturated heterocycles. The molecule has 5 rings (SSSR count). The number of nitrogens with zero attached hydrogens (tertiary/aromatic N) is 1. The van der Waals surface area contributed by atoms with E-state index in [-0.39, 0.29) is 27.7 Å². The van der Waals surface area contributed by atoms with Crippen LogP contribution in [0.2, 0.25) is 0 Å². The molecule has 1 fully saturated rings. The van der Waals surface area contributed by atoms with Crippen molar-refractivity contribution in [3.05, 3.63) is 114 Å². The van der Waals surface area contributed by atoms with Crippen LogP contribution in [0.4, 0.5) is 10.1 Å². The summed E-state index contributed by atoms with van der Waals surface area (Å²) in [6.45, 7) is 0. The molecule has 0 spiro atoms. The number of carbonyl (C=O) groups excluding carboxylic acids is 1. The maximum atomic E-state index is 13.6. The number of carbonyl (C=O) groups is 1. The number of aliphatic hydroxyl groups is 1. The predicted octanol–water partition coefficient (Wildman–Crippen LogP) is 5.66. The van der Waals surface area contributed by atoms with Gasteiger partial charge in [-0.2, -0.15) is 8.42 Å². The van der Waals surface area contributed by atoms with Gasteiger partial charge in [-0.3, -0.25) is 9.35 Å². The first-order valence-electron chi connectivity index (χ1n) is 12.4. The summed E-state index contributed by atoms with van der Waals surface area (Å²) in [5.41, 5.74) is 2.15. The molecule has 0 unspecified atom stereocenters. The quantitative estimate of drug-likeness (QED) is 0.194. The normalized spacial score (nSPS) is 18.0. The van der Waals surface area contributed by atoms with E-state index in [0.29, 0.717) is 24.1 Å². The molecule has 1 aliphatic rings. The van der Waals surface area contributed by atoms with Crippen molar-refractivity contribution >= 4 is 21.7 Å². The van der Waals surface area contributed by atoms with Gasteiger partial charge in [0.1, 0.15) is 16.5 Å². The molecule has 4 aromatic carbocycles. The van der Waals surface area contributed by atoms with Crippen molar-refractivity contribution in [3.8, 4) is 16.9 Å². The van der Waals surface area contributed by atoms with Crippen LogP contribution in [0.15, 0.2) is 102 Å². The molecule has 0 aliphatic carbocycles. The Kier molecular flexibility index (Phi) is 7.22. The van der Waals surface area contributed by atoms with Gasteiger partial charge in [0.2, 0.25) is 5.91 Å². The van der Waals surface area contributed by atoms with Crippen LogP contribution in [0.3, 0.4) is 0 Å². The topological polar surface area (TPSA) is 115 Å². The van der Waals surface area contributed by atoms with Crippen LogP contribution in [0.5, 0.6) is 5.75 Å². The third-order valence-corrected chi connectivity index (χ3v) is 7.98. The smallest absolute Gasteiger partial charge is 0.295 e. The fourth-order valence-corrected chi connectivity index (χ4v) is 5.86. The van der Waals surface area contributed by atoms with Crippen molar-refractivity contribution < 1.29 is 32.4 Å². The van der Waals surface area contributed by atoms with Crippen molar-refractivity contribution in [2.75, 3.05) is 4.90 Å². The summed E-state index contributed by atoms with van der Waals surface area (Å²) in [5, 5.41) is 21.6. The third kappa shape index (κ3) is 5.29. The van der Waals surface area contributed by atoms with Gasteiger partial charge in [-0.25, -0.2) is 4.39 Å². The fraction of sp³-hybridized carbons (Fsp3) is 0.167. The Hall–Kier alpha value is -4.05. The molecule has 1 amide bonds. The summed E-state index contributed by atoms with van der Waals surface area (Å²) < 4.78 is 47.0. The Morgan fingerprint density at radius 1 is 0.872 bits per heavy atom. The number of phenolic OH excluding ortho intramolecular Hbond substituents is 1. The second kappa shape index (κ2) is 10.6. The number of hydrogen-bond donors (Lipinski definition) is 3. The average Bonchev–Trinajstić information content (AvgIpc) is 2.92. The number of anilines is 1. The van der Waals surface area contributed by atoms with E-state index >= 15 is 0 Å². The molecule has 3 atom stereocenters. The molecule has 0 bridgehead atoms. The van der Waals surface area contributed by atoms with E-state index in [1.807, 2.05) is 30.3 Å². The van der Waals surface area contributed by atoms with Gasteiger partial charge in [-0.15, -0.1) is 0 Å². The zero-order valence-corrected chi connectivity index (χ0v) is 21.5. The Morgan fingerprint density at radius 2 is 1.54 bits per heavy atom. The predicted molar refractivity (Wildman–Crippen MR) is 144 cm³/mol. The summed E-state index contributed by atoms with van der Waals surface area (Å²) in [4.78, 5) is 14.5. The van der Waals surface area contributed by atoms with E-state index < -0.39 is 34.0 Å². The molecule has 3 N–H and O–H groups in total. The first-order valence-corrected chi connectivity index (χ1v) is 13.8. The lowest BCUT2D eigenvalue weighted by Crippen LogP contribution is -2.55. The Bertz CT molecular complexity index is 1610. The van der Waals surface area contributed by atoms with Gasteiger partial charge < -0.3 is 15.1 Å². The summed E-state index contributed by atoms with van der Waals surface area (Å²) in [6.07, 6.45) is -0.0575.